The minimum Gasteiger partial charge on any atom is -0.443 e. The van der Waals surface area contributed by atoms with E-state index in [0.29, 0.717) is 0 Å². The first kappa shape index (κ1) is 6.68. The lowest BCUT2D eigenvalue weighted by molar-refractivity contribution is 0.123. The van der Waals surface area contributed by atoms with Crippen LogP contribution in [0.2, 0.25) is 0 Å². The molecule has 0 aromatic rings. The highest BCUT2D eigenvalue weighted by Gasteiger charge is 2.21. The summed E-state index contributed by atoms with van der Waals surface area (Å²) in [5.74, 6) is 0. The fraction of sp³-hybridized carbons (Fsp3) is 1.00. The summed E-state index contributed by atoms with van der Waals surface area (Å²) in [7, 11) is 0. The van der Waals surface area contributed by atoms with Gasteiger partial charge in [0.25, 0.3) is 0 Å². The van der Waals surface area contributed by atoms with Crippen LogP contribution >= 0.6 is 0 Å². The van der Waals surface area contributed by atoms with E-state index in [0.717, 1.165) is 25.7 Å². The minimum atomic E-state index is 0.0200. The lowest BCUT2D eigenvalue weighted by Gasteiger charge is -2.16. The van der Waals surface area contributed by atoms with Gasteiger partial charge in [-0.05, 0) is 12.8 Å². The largest absolute Gasteiger partial charge is 0.443 e. The van der Waals surface area contributed by atoms with Crippen LogP contribution in [0.5, 0.6) is 0 Å². The van der Waals surface area contributed by atoms with Crippen LogP contribution in [-0.4, -0.2) is 17.3 Å². The van der Waals surface area contributed by atoms with Crippen molar-refractivity contribution < 1.29 is 5.11 Å². The normalized spacial score (nSPS) is 36.1. The lowest BCUT2D eigenvalue weighted by Crippen LogP contribution is -2.19. The van der Waals surface area contributed by atoms with E-state index in [2.05, 4.69) is 5.18 Å². The van der Waals surface area contributed by atoms with Gasteiger partial charge in [0.2, 0.25) is 0 Å². The molecule has 9 heavy (non-hydrogen) atoms. The summed E-state index contributed by atoms with van der Waals surface area (Å²) in [4.78, 5) is 9.96. The van der Waals surface area contributed by atoms with E-state index < -0.39 is 0 Å². The Kier molecular flexibility index (Phi) is 2.16. The van der Waals surface area contributed by atoms with E-state index in [-0.39, 0.29) is 12.1 Å². The Morgan fingerprint density at radius 2 is 1.78 bits per heavy atom. The number of hydrogen-bond acceptors (Lipinski definition) is 2. The average Bonchev–Trinajstić information content (AvgIpc) is 1.90. The van der Waals surface area contributed by atoms with Crippen LogP contribution in [0.1, 0.15) is 25.7 Å². The molecule has 0 aromatic heterocycles. The van der Waals surface area contributed by atoms with Gasteiger partial charge in [-0.15, -0.1) is 0 Å². The van der Waals surface area contributed by atoms with Gasteiger partial charge in [-0.25, -0.2) is 0 Å². The highest BCUT2D eigenvalue weighted by Crippen LogP contribution is 2.20. The molecule has 1 aliphatic carbocycles. The van der Waals surface area contributed by atoms with Gasteiger partial charge in [-0.3, -0.25) is 0 Å². The van der Waals surface area contributed by atoms with E-state index in [1.807, 2.05) is 0 Å². The van der Waals surface area contributed by atoms with E-state index in [4.69, 9.17) is 5.11 Å². The number of nitrogens with zero attached hydrogens (tertiary/aromatic N) is 1. The number of nitroso groups, excluding NO2 is 1. The second-order valence-corrected chi connectivity index (χ2v) is 2.61. The summed E-state index contributed by atoms with van der Waals surface area (Å²) in [6.45, 7) is 0. The van der Waals surface area contributed by atoms with Crippen LogP contribution in [0, 0.1) is 4.91 Å². The van der Waals surface area contributed by atoms with Crippen molar-refractivity contribution in [2.45, 2.75) is 37.8 Å². The zero-order valence-electron chi connectivity index (χ0n) is 5.34. The first-order valence-electron chi connectivity index (χ1n) is 3.36. The van der Waals surface area contributed by atoms with Crippen molar-refractivity contribution in [3.05, 3.63) is 4.91 Å². The molecule has 0 aliphatic heterocycles. The van der Waals surface area contributed by atoms with Crippen LogP contribution in [0.15, 0.2) is 5.18 Å². The Morgan fingerprint density at radius 3 is 2.22 bits per heavy atom. The maximum Gasteiger partial charge on any atom is 0.153 e. The van der Waals surface area contributed by atoms with Crippen molar-refractivity contribution in [3.63, 3.8) is 0 Å². The SMILES string of the molecule is O=NC1CCC([OH2+])CC1. The van der Waals surface area contributed by atoms with E-state index in [1.165, 1.54) is 0 Å². The summed E-state index contributed by atoms with van der Waals surface area (Å²) in [6, 6.07) is 0.0200. The van der Waals surface area contributed by atoms with Gasteiger partial charge in [0.1, 0.15) is 0 Å². The quantitative estimate of drug-likeness (QED) is 0.382. The van der Waals surface area contributed by atoms with Crippen molar-refractivity contribution in [1.82, 2.24) is 0 Å². The monoisotopic (exact) mass is 130 g/mol. The fourth-order valence-corrected chi connectivity index (χ4v) is 1.18. The summed E-state index contributed by atoms with van der Waals surface area (Å²) in [5, 5.41) is 10.2. The molecule has 3 nitrogen and oxygen atoms in total. The van der Waals surface area contributed by atoms with Crippen LogP contribution in [0.4, 0.5) is 0 Å². The molecule has 0 spiro atoms. The molecular formula is C6H12NO2+. The molecule has 1 aliphatic rings. The van der Waals surface area contributed by atoms with Crippen molar-refractivity contribution >= 4 is 0 Å². The standard InChI is InChI=1S/C6H11NO2/c8-6-3-1-5(7-9)2-4-6/h5-6,8H,1-4H2/p+1. The topological polar surface area (TPSA) is 52.3 Å². The highest BCUT2D eigenvalue weighted by atomic mass is 16.3. The molecule has 0 heterocycles. The first-order valence-corrected chi connectivity index (χ1v) is 3.36. The van der Waals surface area contributed by atoms with E-state index in [9.17, 15) is 4.91 Å². The summed E-state index contributed by atoms with van der Waals surface area (Å²) < 4.78 is 0. The minimum absolute atomic E-state index is 0.0200. The summed E-state index contributed by atoms with van der Waals surface area (Å²) in [5.41, 5.74) is 0. The summed E-state index contributed by atoms with van der Waals surface area (Å²) in [6.07, 6.45) is 3.45. The number of rotatable bonds is 1. The Balaban J connectivity index is 2.26. The van der Waals surface area contributed by atoms with Crippen molar-refractivity contribution in [2.75, 3.05) is 0 Å². The van der Waals surface area contributed by atoms with E-state index >= 15 is 0 Å². The van der Waals surface area contributed by atoms with Crippen molar-refractivity contribution in [1.29, 1.82) is 0 Å². The predicted molar refractivity (Wildman–Crippen MR) is 35.5 cm³/mol. The molecule has 1 saturated carbocycles. The molecule has 3 heteroatoms. The highest BCUT2D eigenvalue weighted by molar-refractivity contribution is 4.75. The van der Waals surface area contributed by atoms with Gasteiger partial charge < -0.3 is 5.11 Å². The Hall–Kier alpha value is -0.440. The molecular weight excluding hydrogens is 118 g/mol. The molecule has 0 atom stereocenters. The Bertz CT molecular complexity index is 97.2. The maximum atomic E-state index is 9.96. The molecule has 1 fully saturated rings. The molecule has 52 valence electrons. The van der Waals surface area contributed by atoms with Crippen LogP contribution in [0.25, 0.3) is 0 Å². The molecule has 0 radical (unpaired) electrons. The zero-order valence-corrected chi connectivity index (χ0v) is 5.34. The molecule has 0 bridgehead atoms. The molecule has 0 amide bonds. The smallest absolute Gasteiger partial charge is 0.153 e. The Morgan fingerprint density at radius 1 is 1.22 bits per heavy atom. The molecule has 1 rings (SSSR count). The molecule has 0 unspecified atom stereocenters. The molecule has 2 N–H and O–H groups in total. The molecule has 0 saturated heterocycles. The molecule has 0 aromatic carbocycles. The zero-order chi connectivity index (χ0) is 6.69. The van der Waals surface area contributed by atoms with Crippen LogP contribution < -0.4 is 0 Å². The second kappa shape index (κ2) is 2.92. The fourth-order valence-electron chi connectivity index (χ4n) is 1.18. The van der Waals surface area contributed by atoms with Gasteiger partial charge in [-0.2, -0.15) is 4.91 Å². The lowest BCUT2D eigenvalue weighted by atomic mass is 9.94. The third-order valence-corrected chi connectivity index (χ3v) is 1.85. The first-order chi connectivity index (χ1) is 4.33. The van der Waals surface area contributed by atoms with Crippen LogP contribution in [-0.2, 0) is 0 Å². The predicted octanol–water partition coefficient (Wildman–Crippen LogP) is 0.789. The van der Waals surface area contributed by atoms with Gasteiger partial charge in [0, 0.05) is 12.8 Å². The van der Waals surface area contributed by atoms with Gasteiger partial charge >= 0.3 is 0 Å². The van der Waals surface area contributed by atoms with E-state index in [1.54, 1.807) is 0 Å². The van der Waals surface area contributed by atoms with Crippen molar-refractivity contribution in [3.8, 4) is 0 Å². The average molecular weight is 130 g/mol. The van der Waals surface area contributed by atoms with Gasteiger partial charge in [0.15, 0.2) is 6.10 Å². The van der Waals surface area contributed by atoms with Gasteiger partial charge in [0.05, 0.1) is 6.04 Å². The van der Waals surface area contributed by atoms with Crippen molar-refractivity contribution in [2.24, 2.45) is 5.18 Å². The number of hydrogen-bond donors (Lipinski definition) is 0. The summed E-state index contributed by atoms with van der Waals surface area (Å²) >= 11 is 0. The third kappa shape index (κ3) is 1.75. The second-order valence-electron chi connectivity index (χ2n) is 2.61. The third-order valence-electron chi connectivity index (χ3n) is 1.85. The maximum absolute atomic E-state index is 9.96. The van der Waals surface area contributed by atoms with Crippen LogP contribution in [0.3, 0.4) is 0 Å². The van der Waals surface area contributed by atoms with Gasteiger partial charge in [-0.1, -0.05) is 5.18 Å². The Labute approximate surface area is 54.0 Å².